The van der Waals surface area contributed by atoms with Crippen LogP contribution in [0, 0.1) is 0 Å². The van der Waals surface area contributed by atoms with E-state index in [2.05, 4.69) is 20.9 Å². The number of hydrazine groups is 2. The maximum absolute atomic E-state index is 13.6. The number of aliphatic carboxylic acids is 2. The zero-order valence-corrected chi connectivity index (χ0v) is 32.1. The monoisotopic (exact) mass is 867 g/mol. The van der Waals surface area contributed by atoms with Crippen LogP contribution in [0.2, 0.25) is 5.02 Å². The number of amides is 9. The topological polar surface area (TPSA) is 347 Å². The molecule has 0 saturated carbocycles. The number of phenols is 2. The Kier molecular flexibility index (Phi) is 10.6. The number of carbonyl (C=O) groups is 9. The van der Waals surface area contributed by atoms with Crippen molar-refractivity contribution in [2.24, 2.45) is 5.16 Å². The van der Waals surface area contributed by atoms with Gasteiger partial charge in [0.1, 0.15) is 17.1 Å². The average Bonchev–Trinajstić information content (AvgIpc) is 3.95. The first-order valence-electron chi connectivity index (χ1n) is 16.5. The number of fused-ring (bicyclic) bond motifs is 1. The van der Waals surface area contributed by atoms with E-state index in [4.69, 9.17) is 22.2 Å². The second-order valence-electron chi connectivity index (χ2n) is 13.1. The van der Waals surface area contributed by atoms with Crippen LogP contribution in [0.4, 0.5) is 19.5 Å². The average molecular weight is 868 g/mol. The van der Waals surface area contributed by atoms with E-state index >= 15 is 0 Å². The van der Waals surface area contributed by atoms with Crippen molar-refractivity contribution < 1.29 is 68.4 Å². The van der Waals surface area contributed by atoms with Crippen LogP contribution in [0.3, 0.4) is 0 Å². The predicted octanol–water partition coefficient (Wildman–Crippen LogP) is -1.43. The third-order valence-corrected chi connectivity index (χ3v) is 11.8. The Bertz CT molecular complexity index is 2220. The smallest absolute Gasteiger partial charge is 0.350 e. The highest BCUT2D eigenvalue weighted by molar-refractivity contribution is 8.02. The molecule has 2 aromatic rings. The van der Waals surface area contributed by atoms with E-state index in [-0.39, 0.29) is 37.0 Å². The molecule has 6 rings (SSSR count). The van der Waals surface area contributed by atoms with E-state index in [1.54, 1.807) is 0 Å². The number of β-lactam (4-membered cyclic amide) rings is 1. The van der Waals surface area contributed by atoms with Crippen LogP contribution in [0.5, 0.6) is 11.5 Å². The Balaban J connectivity index is 1.09. The molecule has 5 heterocycles. The molecule has 0 unspecified atom stereocenters. The van der Waals surface area contributed by atoms with Crippen molar-refractivity contribution in [2.45, 2.75) is 35.7 Å². The zero-order chi connectivity index (χ0) is 42.6. The van der Waals surface area contributed by atoms with Gasteiger partial charge < -0.3 is 41.2 Å². The number of ketones is 1. The second-order valence-corrected chi connectivity index (χ2v) is 15.7. The number of aromatic hydroxyl groups is 2. The fourth-order valence-corrected chi connectivity index (χ4v) is 8.25. The maximum Gasteiger partial charge on any atom is 0.350 e. The lowest BCUT2D eigenvalue weighted by Gasteiger charge is -2.41. The van der Waals surface area contributed by atoms with Crippen LogP contribution in [0.1, 0.15) is 29.9 Å². The van der Waals surface area contributed by atoms with Crippen molar-refractivity contribution in [1.82, 2.24) is 45.9 Å². The molecule has 4 aliphatic rings. The molecule has 58 heavy (non-hydrogen) atoms. The lowest BCUT2D eigenvalue weighted by atomic mass is 10.1. The van der Waals surface area contributed by atoms with Gasteiger partial charge >= 0.3 is 35.9 Å². The van der Waals surface area contributed by atoms with Gasteiger partial charge in [0.2, 0.25) is 16.4 Å². The summed E-state index contributed by atoms with van der Waals surface area (Å²) in [6.07, 6.45) is 0. The van der Waals surface area contributed by atoms with Crippen LogP contribution in [0.15, 0.2) is 22.7 Å². The quantitative estimate of drug-likeness (QED) is 0.0303. The third-order valence-electron chi connectivity index (χ3n) is 9.03. The number of oxime groups is 1. The number of carboxylic acid groups (broad SMARTS) is 2. The van der Waals surface area contributed by atoms with Gasteiger partial charge in [0.15, 0.2) is 22.3 Å². The van der Waals surface area contributed by atoms with Gasteiger partial charge in [-0.15, -0.1) is 11.3 Å². The molecule has 0 bridgehead atoms. The molecule has 28 heteroatoms. The van der Waals surface area contributed by atoms with E-state index in [9.17, 15) is 63.6 Å². The number of benzene rings is 1. The largest absolute Gasteiger partial charge is 0.504 e. The normalized spacial score (nSPS) is 21.8. The first-order chi connectivity index (χ1) is 27.2. The molecule has 25 nitrogen and oxygen atoms in total. The fourth-order valence-electron chi connectivity index (χ4n) is 5.82. The number of aromatic nitrogens is 1. The number of hydrogen-bond donors (Lipinski definition) is 8. The predicted molar refractivity (Wildman–Crippen MR) is 195 cm³/mol. The minimum absolute atomic E-state index is 0.0320. The van der Waals surface area contributed by atoms with Crippen LogP contribution in [-0.4, -0.2) is 164 Å². The minimum Gasteiger partial charge on any atom is -0.504 e. The molecule has 4 aliphatic heterocycles. The number of phenolic OH excluding ortho intramolecular Hbond substituents is 2. The number of urea groups is 3. The molecular formula is C30H30ClN11O14S2. The molecule has 0 radical (unpaired) electrons. The van der Waals surface area contributed by atoms with Gasteiger partial charge in [-0.25, -0.2) is 49.3 Å². The van der Waals surface area contributed by atoms with E-state index in [1.807, 2.05) is 5.43 Å². The van der Waals surface area contributed by atoms with Gasteiger partial charge in [-0.1, -0.05) is 28.5 Å². The third kappa shape index (κ3) is 7.13. The number of hydrogen-bond acceptors (Lipinski definition) is 17. The van der Waals surface area contributed by atoms with Crippen molar-refractivity contribution >= 4 is 99.1 Å². The van der Waals surface area contributed by atoms with Gasteiger partial charge in [0.25, 0.3) is 11.7 Å². The molecule has 3 atom stereocenters. The second kappa shape index (κ2) is 15.0. The molecule has 9 N–H and O–H groups in total. The first kappa shape index (κ1) is 41.0. The Labute approximate surface area is 337 Å². The summed E-state index contributed by atoms with van der Waals surface area (Å²) in [7, 11) is 0. The molecule has 9 amide bonds. The fraction of sp³-hybridized carbons (Fsp3) is 0.367. The molecule has 4 saturated heterocycles. The van der Waals surface area contributed by atoms with Gasteiger partial charge in [-0.3, -0.25) is 29.5 Å². The van der Waals surface area contributed by atoms with Crippen molar-refractivity contribution in [3.05, 3.63) is 33.8 Å². The van der Waals surface area contributed by atoms with E-state index in [1.165, 1.54) is 19.2 Å². The standard InChI is InChI=1S/C30H30ClN11O14S2/c1-29(2,23(49)50)56-37-15(12-9-57-25(32)33-12)19(46)34-16-21(48)39-10-30(24(51)52,58-22(16)39)40-6-8-42(28(40)55)36-26(53)38-5-7-41(27(38)54)35-20(47)17(44)11-3-4-13(43)18(45)14(11)31/h3-4,9,16,22,43,45H,5-8,10H2,1-2H3,(H2,32,33)(H,34,46)(H,35,47)(H,36,53)(H,49,50)(H,51,52)/b37-15-/t16-,22-,30-/m1/s1. The molecule has 4 fully saturated rings. The summed E-state index contributed by atoms with van der Waals surface area (Å²) < 4.78 is 0. The van der Waals surface area contributed by atoms with Gasteiger partial charge in [-0.2, -0.15) is 0 Å². The lowest BCUT2D eigenvalue weighted by Crippen LogP contribution is -2.68. The van der Waals surface area contributed by atoms with Crippen molar-refractivity contribution in [1.29, 1.82) is 0 Å². The summed E-state index contributed by atoms with van der Waals surface area (Å²) in [6.45, 7) is 0.616. The number of Topliss-reactive ketones (excluding diaryl/α,β-unsaturated/α-hetero) is 1. The van der Waals surface area contributed by atoms with Crippen LogP contribution in [-0.2, 0) is 28.8 Å². The van der Waals surface area contributed by atoms with Crippen LogP contribution in [0.25, 0.3) is 0 Å². The number of thiazole rings is 1. The maximum atomic E-state index is 13.6. The van der Waals surface area contributed by atoms with Crippen LogP contribution < -0.4 is 21.9 Å². The molecule has 0 aliphatic carbocycles. The molecule has 308 valence electrons. The summed E-state index contributed by atoms with van der Waals surface area (Å²) in [6, 6.07) is -2.76. The number of halogens is 1. The van der Waals surface area contributed by atoms with E-state index in [0.717, 1.165) is 38.3 Å². The lowest BCUT2D eigenvalue weighted by molar-refractivity contribution is -0.161. The number of carboxylic acids is 2. The summed E-state index contributed by atoms with van der Waals surface area (Å²) >= 11 is 7.44. The zero-order valence-electron chi connectivity index (χ0n) is 29.7. The highest BCUT2D eigenvalue weighted by Gasteiger charge is 2.66. The number of rotatable bonds is 12. The Morgan fingerprint density at radius 2 is 1.67 bits per heavy atom. The number of nitrogens with two attached hydrogens (primary N) is 1. The van der Waals surface area contributed by atoms with E-state index in [0.29, 0.717) is 21.7 Å². The number of nitrogens with zero attached hydrogens (tertiary/aromatic N) is 7. The molecular weight excluding hydrogens is 838 g/mol. The molecule has 1 aromatic heterocycles. The van der Waals surface area contributed by atoms with Crippen molar-refractivity contribution in [3.8, 4) is 11.5 Å². The molecule has 0 spiro atoms. The highest BCUT2D eigenvalue weighted by atomic mass is 35.5. The number of nitrogen functional groups attached to an aromatic ring is 1. The number of thioether (sulfide) groups is 1. The molecule has 1 aromatic carbocycles. The number of nitrogens with one attached hydrogen (secondary N) is 3. The number of carbonyl (C=O) groups excluding carboxylic acids is 7. The summed E-state index contributed by atoms with van der Waals surface area (Å²) in [5, 5.41) is 46.3. The Morgan fingerprint density at radius 1 is 1.00 bits per heavy atom. The van der Waals surface area contributed by atoms with Gasteiger partial charge in [0, 0.05) is 11.9 Å². The van der Waals surface area contributed by atoms with Crippen LogP contribution >= 0.6 is 34.7 Å². The minimum atomic E-state index is -2.11. The Hall–Kier alpha value is -6.61. The first-order valence-corrected chi connectivity index (χ1v) is 18.6. The highest BCUT2D eigenvalue weighted by Crippen LogP contribution is 2.49. The number of imide groups is 1. The summed E-state index contributed by atoms with van der Waals surface area (Å²) in [5.74, 6) is -8.86. The SMILES string of the molecule is CC(C)(O/N=C(\C(=O)N[C@@H]1C(=O)N2C[C@@](C(=O)O)(N3CCN(NC(=O)N4CCN(NC(=O)C(=O)c5ccc(O)c(O)c5Cl)C4=O)C3=O)S[C@H]12)c1csc(N)n1)C(=O)O. The number of anilines is 1. The van der Waals surface area contributed by atoms with Crippen molar-refractivity contribution in [3.63, 3.8) is 0 Å². The van der Waals surface area contributed by atoms with Crippen molar-refractivity contribution in [2.75, 3.05) is 38.5 Å². The van der Waals surface area contributed by atoms with Gasteiger partial charge in [0.05, 0.1) is 36.8 Å². The van der Waals surface area contributed by atoms with E-state index < -0.39 is 110 Å². The van der Waals surface area contributed by atoms with Gasteiger partial charge in [-0.05, 0) is 26.0 Å². The Morgan fingerprint density at radius 3 is 2.31 bits per heavy atom. The summed E-state index contributed by atoms with van der Waals surface area (Å²) in [5.41, 5.74) is 6.91. The summed E-state index contributed by atoms with van der Waals surface area (Å²) in [4.78, 5) is 125.